The molecule has 1 aromatic heterocycles. The molecule has 0 radical (unpaired) electrons. The molecule has 2 aliphatic rings. The molecule has 1 fully saturated rings. The summed E-state index contributed by atoms with van der Waals surface area (Å²) in [6.45, 7) is 1.02. The molecule has 1 saturated carbocycles. The van der Waals surface area contributed by atoms with E-state index < -0.39 is 35.6 Å². The fourth-order valence-corrected chi connectivity index (χ4v) is 6.39. The van der Waals surface area contributed by atoms with Crippen LogP contribution in [0.4, 0.5) is 23.2 Å². The van der Waals surface area contributed by atoms with Gasteiger partial charge in [0.15, 0.2) is 5.82 Å². The molecule has 3 amide bonds. The minimum atomic E-state index is -5.44. The number of amides is 3. The summed E-state index contributed by atoms with van der Waals surface area (Å²) >= 11 is 0. The van der Waals surface area contributed by atoms with Crippen molar-refractivity contribution in [2.75, 3.05) is 11.9 Å². The third-order valence-electron chi connectivity index (χ3n) is 9.56. The summed E-state index contributed by atoms with van der Waals surface area (Å²) in [5.74, 6) is -16.5. The van der Waals surface area contributed by atoms with E-state index in [9.17, 15) is 36.7 Å². The molecule has 53 heavy (non-hydrogen) atoms. The number of nitrogens with one attached hydrogen (secondary N) is 4. The molecule has 3 aromatic carbocycles. The highest BCUT2D eigenvalue weighted by Crippen LogP contribution is 2.42. The SMILES string of the molecule is Cl.NC[C@H]1CC[C@H](C(=O)N[C@@H](Cc2ccc(-c3ccc4c(c3)CNC4=O)cc2)C(=O)Nc2ccc(-c3nc(C(F)(F)C(F)(F)C(=O)O)n[nH]3)cc2)CC1. The van der Waals surface area contributed by atoms with Crippen molar-refractivity contribution in [3.05, 3.63) is 89.2 Å². The molecular formula is C36H36ClF4N7O5. The number of hydrogen-bond donors (Lipinski definition) is 6. The van der Waals surface area contributed by atoms with Crippen LogP contribution in [0.3, 0.4) is 0 Å². The lowest BCUT2D eigenvalue weighted by molar-refractivity contribution is -0.231. The topological polar surface area (TPSA) is 192 Å². The second-order valence-electron chi connectivity index (χ2n) is 13.0. The summed E-state index contributed by atoms with van der Waals surface area (Å²) < 4.78 is 55.6. The first kappa shape index (κ1) is 38.9. The monoisotopic (exact) mass is 757 g/mol. The number of nitrogens with two attached hydrogens (primary N) is 1. The molecule has 0 unspecified atom stereocenters. The summed E-state index contributed by atoms with van der Waals surface area (Å²) in [7, 11) is 0. The maximum absolute atomic E-state index is 14.2. The number of aromatic amines is 1. The minimum absolute atomic E-state index is 0. The number of anilines is 1. The van der Waals surface area contributed by atoms with Crippen LogP contribution in [0.2, 0.25) is 0 Å². The molecule has 2 heterocycles. The van der Waals surface area contributed by atoms with Gasteiger partial charge in [-0.25, -0.2) is 9.78 Å². The van der Waals surface area contributed by atoms with Crippen molar-refractivity contribution >= 4 is 41.8 Å². The number of nitrogens with zero attached hydrogens (tertiary/aromatic N) is 2. The van der Waals surface area contributed by atoms with Crippen molar-refractivity contribution in [3.63, 3.8) is 0 Å². The van der Waals surface area contributed by atoms with E-state index in [1.54, 1.807) is 6.07 Å². The molecule has 7 N–H and O–H groups in total. The predicted molar refractivity (Wildman–Crippen MR) is 187 cm³/mol. The zero-order chi connectivity index (χ0) is 37.2. The summed E-state index contributed by atoms with van der Waals surface area (Å²) in [5.41, 5.74) is 10.4. The van der Waals surface area contributed by atoms with Crippen molar-refractivity contribution < 1.29 is 41.8 Å². The molecule has 1 aliphatic heterocycles. The Kier molecular flexibility index (Phi) is 11.5. The molecular weight excluding hydrogens is 722 g/mol. The van der Waals surface area contributed by atoms with E-state index in [4.69, 9.17) is 10.8 Å². The number of alkyl halides is 4. The summed E-state index contributed by atoms with van der Waals surface area (Å²) in [6, 6.07) is 17.7. The first-order valence-corrected chi connectivity index (χ1v) is 16.6. The number of carbonyl (C=O) groups excluding carboxylic acids is 3. The van der Waals surface area contributed by atoms with Crippen LogP contribution in [0, 0.1) is 11.8 Å². The number of rotatable bonds is 12. The summed E-state index contributed by atoms with van der Waals surface area (Å²) in [6.07, 6.45) is 3.11. The van der Waals surface area contributed by atoms with Crippen LogP contribution >= 0.6 is 12.4 Å². The van der Waals surface area contributed by atoms with Gasteiger partial charge in [-0.05, 0) is 96.8 Å². The van der Waals surface area contributed by atoms with Crippen molar-refractivity contribution in [1.29, 1.82) is 0 Å². The van der Waals surface area contributed by atoms with Crippen molar-refractivity contribution in [2.45, 2.75) is 56.5 Å². The number of carboxylic acid groups (broad SMARTS) is 1. The number of H-pyrrole nitrogens is 1. The van der Waals surface area contributed by atoms with Crippen molar-refractivity contribution in [2.24, 2.45) is 17.6 Å². The van der Waals surface area contributed by atoms with Gasteiger partial charge < -0.3 is 26.8 Å². The Morgan fingerprint density at radius 2 is 1.57 bits per heavy atom. The van der Waals surface area contributed by atoms with Crippen LogP contribution in [-0.2, 0) is 33.3 Å². The van der Waals surface area contributed by atoms with Crippen LogP contribution in [0.1, 0.15) is 53.0 Å². The third-order valence-corrected chi connectivity index (χ3v) is 9.56. The number of fused-ring (bicyclic) bond motifs is 1. The zero-order valence-corrected chi connectivity index (χ0v) is 28.8. The van der Waals surface area contributed by atoms with Crippen LogP contribution in [0.15, 0.2) is 66.7 Å². The fourth-order valence-electron chi connectivity index (χ4n) is 6.39. The summed E-state index contributed by atoms with van der Waals surface area (Å²) in [4.78, 5) is 53.1. The molecule has 280 valence electrons. The lowest BCUT2D eigenvalue weighted by Crippen LogP contribution is -2.48. The number of carbonyl (C=O) groups is 4. The molecule has 0 spiro atoms. The van der Waals surface area contributed by atoms with Gasteiger partial charge in [0.25, 0.3) is 5.91 Å². The zero-order valence-electron chi connectivity index (χ0n) is 28.0. The number of benzene rings is 3. The molecule has 12 nitrogen and oxygen atoms in total. The van der Waals surface area contributed by atoms with Gasteiger partial charge in [0, 0.05) is 35.7 Å². The number of aromatic nitrogens is 3. The van der Waals surface area contributed by atoms with E-state index in [2.05, 4.69) is 31.1 Å². The molecule has 6 rings (SSSR count). The van der Waals surface area contributed by atoms with E-state index in [1.165, 1.54) is 24.3 Å². The molecule has 0 bridgehead atoms. The van der Waals surface area contributed by atoms with E-state index >= 15 is 0 Å². The van der Waals surface area contributed by atoms with E-state index in [-0.39, 0.29) is 53.6 Å². The Morgan fingerprint density at radius 1 is 0.925 bits per heavy atom. The second kappa shape index (κ2) is 15.7. The number of hydrogen-bond acceptors (Lipinski definition) is 7. The lowest BCUT2D eigenvalue weighted by atomic mass is 9.81. The third kappa shape index (κ3) is 8.18. The molecule has 4 aromatic rings. The van der Waals surface area contributed by atoms with E-state index in [1.807, 2.05) is 36.4 Å². The molecule has 0 saturated heterocycles. The van der Waals surface area contributed by atoms with Gasteiger partial charge in [-0.15, -0.1) is 12.4 Å². The first-order valence-electron chi connectivity index (χ1n) is 16.6. The van der Waals surface area contributed by atoms with Gasteiger partial charge >= 0.3 is 17.8 Å². The number of aliphatic carboxylic acids is 1. The average molecular weight is 758 g/mol. The highest BCUT2D eigenvalue weighted by atomic mass is 35.5. The Morgan fingerprint density at radius 3 is 2.21 bits per heavy atom. The Labute approximate surface area is 306 Å². The van der Waals surface area contributed by atoms with Crippen LogP contribution in [-0.4, -0.2) is 62.5 Å². The van der Waals surface area contributed by atoms with Gasteiger partial charge in [0.05, 0.1) is 0 Å². The standard InChI is InChI=1S/C36H35F4N7O5.ClH/c37-35(38,36(39,40)34(51)52)33-45-29(46-47-33)22-9-12-26(13-10-22)43-32(50)28(44-30(48)23-7-3-20(17-41)4-8-23)15-19-1-5-21(6-2-19)24-11-14-27-25(16-24)18-42-31(27)49;/h1-2,5-6,9-14,16,20,23,28H,3-4,7-8,15,17-18,41H2,(H,42,49)(H,43,50)(H,44,48)(H,51,52)(H,45,46,47);1H/t20-,23-,28-;/m0./s1. The van der Waals surface area contributed by atoms with E-state index in [0.717, 1.165) is 35.1 Å². The van der Waals surface area contributed by atoms with Gasteiger partial charge in [-0.1, -0.05) is 30.3 Å². The van der Waals surface area contributed by atoms with Gasteiger partial charge in [-0.2, -0.15) is 22.7 Å². The van der Waals surface area contributed by atoms with Gasteiger partial charge in [-0.3, -0.25) is 19.5 Å². The molecule has 17 heteroatoms. The average Bonchev–Trinajstić information content (AvgIpc) is 3.79. The van der Waals surface area contributed by atoms with Crippen molar-refractivity contribution in [1.82, 2.24) is 25.8 Å². The Balaban J connectivity index is 0.00000541. The molecule has 1 aliphatic carbocycles. The van der Waals surface area contributed by atoms with E-state index in [0.29, 0.717) is 37.4 Å². The largest absolute Gasteiger partial charge is 0.477 e. The quantitative estimate of drug-likeness (QED) is 0.108. The highest BCUT2D eigenvalue weighted by molar-refractivity contribution is 5.99. The normalized spacial score (nSPS) is 17.6. The second-order valence-corrected chi connectivity index (χ2v) is 13.0. The highest BCUT2D eigenvalue weighted by Gasteiger charge is 2.66. The molecule has 1 atom stereocenters. The fraction of sp³-hybridized carbons (Fsp3) is 0.333. The van der Waals surface area contributed by atoms with Crippen LogP contribution < -0.4 is 21.7 Å². The van der Waals surface area contributed by atoms with Gasteiger partial charge in [0.2, 0.25) is 17.6 Å². The number of halogens is 5. The maximum atomic E-state index is 14.2. The number of carboxylic acids is 1. The summed E-state index contributed by atoms with van der Waals surface area (Å²) in [5, 5.41) is 22.2. The lowest BCUT2D eigenvalue weighted by Gasteiger charge is -2.28. The Bertz CT molecular complexity index is 1980. The van der Waals surface area contributed by atoms with Crippen molar-refractivity contribution in [3.8, 4) is 22.5 Å². The maximum Gasteiger partial charge on any atom is 0.411 e. The van der Waals surface area contributed by atoms with Crippen LogP contribution in [0.5, 0.6) is 0 Å². The Hall–Kier alpha value is -5.35. The minimum Gasteiger partial charge on any atom is -0.477 e. The predicted octanol–water partition coefficient (Wildman–Crippen LogP) is 5.05. The first-order chi connectivity index (χ1) is 24.8. The smallest absolute Gasteiger partial charge is 0.411 e. The van der Waals surface area contributed by atoms with Gasteiger partial charge in [0.1, 0.15) is 6.04 Å². The van der Waals surface area contributed by atoms with Crippen LogP contribution in [0.25, 0.3) is 22.5 Å².